The number of benzene rings is 2. The van der Waals surface area contributed by atoms with E-state index in [0.717, 1.165) is 60.3 Å². The van der Waals surface area contributed by atoms with Crippen LogP contribution in [0.5, 0.6) is 5.75 Å². The highest BCUT2D eigenvalue weighted by Crippen LogP contribution is 2.25. The third-order valence-electron chi connectivity index (χ3n) is 8.11. The lowest BCUT2D eigenvalue weighted by Gasteiger charge is -2.38. The van der Waals surface area contributed by atoms with Gasteiger partial charge in [0.25, 0.3) is 5.91 Å². The largest absolute Gasteiger partial charge is 0.497 e. The van der Waals surface area contributed by atoms with Gasteiger partial charge in [0.05, 0.1) is 18.9 Å². The predicted octanol–water partition coefficient (Wildman–Crippen LogP) is 4.69. The molecule has 1 saturated heterocycles. The average Bonchev–Trinajstić information content (AvgIpc) is 2.94. The summed E-state index contributed by atoms with van der Waals surface area (Å²) < 4.78 is 11.1. The molecule has 37 heavy (non-hydrogen) atoms. The molecule has 2 aromatic carbocycles. The van der Waals surface area contributed by atoms with Gasteiger partial charge in [-0.3, -0.25) is 4.79 Å². The summed E-state index contributed by atoms with van der Waals surface area (Å²) in [5.41, 5.74) is 3.42. The third kappa shape index (κ3) is 5.78. The molecule has 0 radical (unpaired) electrons. The zero-order valence-electron chi connectivity index (χ0n) is 22.2. The summed E-state index contributed by atoms with van der Waals surface area (Å²) >= 11 is 0. The highest BCUT2D eigenvalue weighted by molar-refractivity contribution is 5.94. The van der Waals surface area contributed by atoms with Crippen molar-refractivity contribution in [1.82, 2.24) is 20.2 Å². The minimum atomic E-state index is 0.00952. The van der Waals surface area contributed by atoms with Gasteiger partial charge in [-0.15, -0.1) is 0 Å². The summed E-state index contributed by atoms with van der Waals surface area (Å²) in [6.45, 7) is 3.45. The number of methoxy groups -OCH3 is 2. The fraction of sp³-hybridized carbons (Fsp3) is 0.500. The number of hydrogen-bond acceptors (Lipinski definition) is 6. The van der Waals surface area contributed by atoms with Crippen molar-refractivity contribution >= 4 is 16.7 Å². The number of fused-ring (bicyclic) bond motifs is 1. The Hall–Kier alpha value is -3.03. The van der Waals surface area contributed by atoms with Crippen molar-refractivity contribution in [3.05, 3.63) is 65.2 Å². The summed E-state index contributed by atoms with van der Waals surface area (Å²) in [6.07, 6.45) is 9.21. The van der Waals surface area contributed by atoms with E-state index >= 15 is 0 Å². The van der Waals surface area contributed by atoms with Crippen molar-refractivity contribution in [2.45, 2.75) is 70.1 Å². The predicted molar refractivity (Wildman–Crippen MR) is 145 cm³/mol. The van der Waals surface area contributed by atoms with Crippen molar-refractivity contribution in [2.24, 2.45) is 0 Å². The normalized spacial score (nSPS) is 20.8. The Kier molecular flexibility index (Phi) is 8.01. The van der Waals surface area contributed by atoms with Crippen LogP contribution < -0.4 is 10.1 Å². The number of likely N-dealkylation sites (tertiary alicyclic amines) is 1. The first-order chi connectivity index (χ1) is 18.1. The van der Waals surface area contributed by atoms with Gasteiger partial charge in [0.15, 0.2) is 0 Å². The SMILES string of the molecule is COc1ccc2ccc(Cc3ncnc(C(=O)N4CCC(N[C@H]5CCCC[C@H]5OC)CC4)c3C)cc2c1. The van der Waals surface area contributed by atoms with Crippen molar-refractivity contribution in [2.75, 3.05) is 27.3 Å². The number of hydrogen-bond donors (Lipinski definition) is 1. The van der Waals surface area contributed by atoms with E-state index in [1.54, 1.807) is 7.11 Å². The zero-order chi connectivity index (χ0) is 25.8. The van der Waals surface area contributed by atoms with Crippen LogP contribution in [0.25, 0.3) is 10.8 Å². The standard InChI is InChI=1S/C30H38N4O3/c1-20-27(17-21-8-9-22-10-11-25(36-2)18-23(22)16-21)31-19-32-29(20)30(35)34-14-12-24(13-15-34)33-26-6-4-5-7-28(26)37-3/h8-11,16,18-19,24,26,28,33H,4-7,12-15,17H2,1-3H3/t26-,28+/m0/s1. The number of aromatic nitrogens is 2. The van der Waals surface area contributed by atoms with Gasteiger partial charge in [0.2, 0.25) is 0 Å². The summed E-state index contributed by atoms with van der Waals surface area (Å²) in [6, 6.07) is 13.3. The Balaban J connectivity index is 1.23. The van der Waals surface area contributed by atoms with Gasteiger partial charge in [0, 0.05) is 44.3 Å². The van der Waals surface area contributed by atoms with E-state index in [4.69, 9.17) is 9.47 Å². The van der Waals surface area contributed by atoms with Crippen LogP contribution in [0.4, 0.5) is 0 Å². The number of carbonyl (C=O) groups excluding carboxylic acids is 1. The van der Waals surface area contributed by atoms with Crippen molar-refractivity contribution in [1.29, 1.82) is 0 Å². The molecule has 7 heteroatoms. The molecule has 1 aliphatic carbocycles. The summed E-state index contributed by atoms with van der Waals surface area (Å²) in [7, 11) is 3.50. The van der Waals surface area contributed by atoms with E-state index in [2.05, 4.69) is 39.6 Å². The molecule has 0 unspecified atom stereocenters. The Bertz CT molecular complexity index is 1240. The van der Waals surface area contributed by atoms with Gasteiger partial charge in [-0.1, -0.05) is 37.1 Å². The highest BCUT2D eigenvalue weighted by Gasteiger charge is 2.30. The van der Waals surface area contributed by atoms with E-state index in [1.807, 2.05) is 31.1 Å². The van der Waals surface area contributed by atoms with Crippen LogP contribution in [0.1, 0.15) is 65.8 Å². The number of piperidine rings is 1. The van der Waals surface area contributed by atoms with Gasteiger partial charge in [-0.2, -0.15) is 0 Å². The zero-order valence-corrected chi connectivity index (χ0v) is 22.2. The molecule has 196 valence electrons. The van der Waals surface area contributed by atoms with Crippen LogP contribution >= 0.6 is 0 Å². The second-order valence-electron chi connectivity index (χ2n) is 10.4. The Morgan fingerprint density at radius 3 is 2.57 bits per heavy atom. The lowest BCUT2D eigenvalue weighted by Crippen LogP contribution is -2.52. The Morgan fingerprint density at radius 2 is 1.78 bits per heavy atom. The molecule has 1 aromatic heterocycles. The molecular formula is C30H38N4O3. The van der Waals surface area contributed by atoms with Crippen LogP contribution in [0.2, 0.25) is 0 Å². The maximum Gasteiger partial charge on any atom is 0.272 e. The quantitative estimate of drug-likeness (QED) is 0.505. The molecule has 3 aromatic rings. The topological polar surface area (TPSA) is 76.6 Å². The molecule has 0 spiro atoms. The number of amides is 1. The molecule has 2 heterocycles. The maximum atomic E-state index is 13.4. The first kappa shape index (κ1) is 25.6. The molecule has 2 aliphatic rings. The number of nitrogens with one attached hydrogen (secondary N) is 1. The highest BCUT2D eigenvalue weighted by atomic mass is 16.5. The van der Waals surface area contributed by atoms with Gasteiger partial charge in [0.1, 0.15) is 17.8 Å². The van der Waals surface area contributed by atoms with Gasteiger partial charge in [-0.25, -0.2) is 9.97 Å². The fourth-order valence-corrected chi connectivity index (χ4v) is 5.86. The molecule has 1 N–H and O–H groups in total. The van der Waals surface area contributed by atoms with Crippen LogP contribution in [0, 0.1) is 6.92 Å². The van der Waals surface area contributed by atoms with Gasteiger partial charge >= 0.3 is 0 Å². The first-order valence-electron chi connectivity index (χ1n) is 13.5. The van der Waals surface area contributed by atoms with Crippen LogP contribution in [0.15, 0.2) is 42.7 Å². The molecule has 1 amide bonds. The van der Waals surface area contributed by atoms with Crippen molar-refractivity contribution < 1.29 is 14.3 Å². The third-order valence-corrected chi connectivity index (χ3v) is 8.11. The second-order valence-corrected chi connectivity index (χ2v) is 10.4. The van der Waals surface area contributed by atoms with Crippen molar-refractivity contribution in [3.8, 4) is 5.75 Å². The molecular weight excluding hydrogens is 464 g/mol. The average molecular weight is 503 g/mol. The maximum absolute atomic E-state index is 13.4. The summed E-state index contributed by atoms with van der Waals surface area (Å²) in [4.78, 5) is 24.3. The molecule has 7 nitrogen and oxygen atoms in total. The first-order valence-corrected chi connectivity index (χ1v) is 13.5. The summed E-state index contributed by atoms with van der Waals surface area (Å²) in [5.74, 6) is 0.849. The lowest BCUT2D eigenvalue weighted by atomic mass is 9.90. The number of rotatable bonds is 7. The molecule has 2 fully saturated rings. The van der Waals surface area contributed by atoms with Crippen molar-refractivity contribution in [3.63, 3.8) is 0 Å². The molecule has 5 rings (SSSR count). The number of nitrogens with zero attached hydrogens (tertiary/aromatic N) is 3. The van der Waals surface area contributed by atoms with E-state index < -0.39 is 0 Å². The minimum Gasteiger partial charge on any atom is -0.497 e. The van der Waals surface area contributed by atoms with Crippen LogP contribution in [0.3, 0.4) is 0 Å². The second kappa shape index (κ2) is 11.6. The fourth-order valence-electron chi connectivity index (χ4n) is 5.86. The van der Waals surface area contributed by atoms with Gasteiger partial charge in [-0.05, 0) is 61.1 Å². The molecule has 0 bridgehead atoms. The molecule has 1 aliphatic heterocycles. The van der Waals surface area contributed by atoms with E-state index in [9.17, 15) is 4.79 Å². The number of carbonyl (C=O) groups is 1. The van der Waals surface area contributed by atoms with Crippen LogP contribution in [-0.4, -0.2) is 66.3 Å². The van der Waals surface area contributed by atoms with E-state index in [-0.39, 0.29) is 5.91 Å². The van der Waals surface area contributed by atoms with Gasteiger partial charge < -0.3 is 19.7 Å². The Morgan fingerprint density at radius 1 is 1.00 bits per heavy atom. The minimum absolute atomic E-state index is 0.00952. The van der Waals surface area contributed by atoms with E-state index in [0.29, 0.717) is 30.3 Å². The molecule has 2 atom stereocenters. The lowest BCUT2D eigenvalue weighted by molar-refractivity contribution is 0.0329. The monoisotopic (exact) mass is 502 g/mol. The van der Waals surface area contributed by atoms with Crippen LogP contribution in [-0.2, 0) is 11.2 Å². The molecule has 1 saturated carbocycles. The Labute approximate surface area is 219 Å². The van der Waals surface area contributed by atoms with E-state index in [1.165, 1.54) is 31.0 Å². The smallest absolute Gasteiger partial charge is 0.272 e. The summed E-state index contributed by atoms with van der Waals surface area (Å²) in [5, 5.41) is 6.12. The number of ether oxygens (including phenoxy) is 2.